The molecule has 1 rings (SSSR count). The summed E-state index contributed by atoms with van der Waals surface area (Å²) in [6.45, 7) is 5.78. The third kappa shape index (κ3) is 3.30. The van der Waals surface area contributed by atoms with Crippen LogP contribution in [0.5, 0.6) is 0 Å². The lowest BCUT2D eigenvalue weighted by Crippen LogP contribution is -2.07. The molecule has 0 spiro atoms. The topological polar surface area (TPSA) is 50.1 Å². The van der Waals surface area contributed by atoms with Gasteiger partial charge in [0.1, 0.15) is 11.6 Å². The fourth-order valence-electron chi connectivity index (χ4n) is 1.25. The van der Waals surface area contributed by atoms with Crippen molar-refractivity contribution in [3.63, 3.8) is 0 Å². The van der Waals surface area contributed by atoms with Crippen LogP contribution in [0.15, 0.2) is 11.6 Å². The van der Waals surface area contributed by atoms with Crippen LogP contribution in [0, 0.1) is 21.1 Å². The molecular weight excluding hydrogens is 349 g/mol. The lowest BCUT2D eigenvalue weighted by atomic mass is 10.1. The number of aryl methyl sites for hydroxylation is 1. The third-order valence-electron chi connectivity index (χ3n) is 2.19. The Kier molecular flexibility index (Phi) is 5.15. The average molecular weight is 361 g/mol. The van der Waals surface area contributed by atoms with Gasteiger partial charge in [0, 0.05) is 4.88 Å². The minimum absolute atomic E-state index is 0.0875. The molecule has 0 unspecified atom stereocenters. The number of allylic oxidation sites excluding steroid dienone is 1. The van der Waals surface area contributed by atoms with Gasteiger partial charge in [0.15, 0.2) is 0 Å². The normalized spacial score (nSPS) is 11.7. The Bertz CT molecular complexity index is 492. The zero-order chi connectivity index (χ0) is 13.0. The van der Waals surface area contributed by atoms with Crippen molar-refractivity contribution in [3.8, 4) is 6.07 Å². The Labute approximate surface area is 118 Å². The molecule has 0 N–H and O–H groups in total. The number of hydrogen-bond acceptors (Lipinski definition) is 4. The first-order valence-electron chi connectivity index (χ1n) is 5.05. The van der Waals surface area contributed by atoms with E-state index in [1.165, 1.54) is 0 Å². The molecular formula is C12H12INO2S. The summed E-state index contributed by atoms with van der Waals surface area (Å²) in [4.78, 5) is 12.5. The molecule has 1 heterocycles. The highest BCUT2D eigenvalue weighted by Gasteiger charge is 2.16. The zero-order valence-electron chi connectivity index (χ0n) is 9.83. The Balaban J connectivity index is 3.18. The molecule has 5 heteroatoms. The van der Waals surface area contributed by atoms with E-state index in [2.05, 4.69) is 22.6 Å². The van der Waals surface area contributed by atoms with Crippen LogP contribution < -0.4 is 0 Å². The highest BCUT2D eigenvalue weighted by molar-refractivity contribution is 14.1. The number of ether oxygens (including phenoxy) is 1. The molecule has 0 aliphatic carbocycles. The van der Waals surface area contributed by atoms with E-state index in [0.717, 1.165) is 13.3 Å². The minimum atomic E-state index is -0.548. The van der Waals surface area contributed by atoms with E-state index in [1.807, 2.05) is 19.1 Å². The maximum Gasteiger partial charge on any atom is 0.349 e. The molecule has 0 saturated carbocycles. The second kappa shape index (κ2) is 6.17. The average Bonchev–Trinajstić information content (AvgIpc) is 2.60. The molecule has 1 aromatic heterocycles. The standard InChI is InChI=1S/C12H12INO2S/c1-4-16-12(15)9(6-14)8(3)10-5-7(2)11(13)17-10/h5H,4H2,1-3H3. The van der Waals surface area contributed by atoms with Crippen molar-refractivity contribution >= 4 is 45.5 Å². The summed E-state index contributed by atoms with van der Waals surface area (Å²) in [5.41, 5.74) is 1.93. The van der Waals surface area contributed by atoms with E-state index >= 15 is 0 Å². The summed E-state index contributed by atoms with van der Waals surface area (Å²) >= 11 is 3.82. The quantitative estimate of drug-likeness (QED) is 0.358. The van der Waals surface area contributed by atoms with Gasteiger partial charge in [-0.2, -0.15) is 5.26 Å². The molecule has 0 fully saturated rings. The summed E-state index contributed by atoms with van der Waals surface area (Å²) < 4.78 is 6.02. The van der Waals surface area contributed by atoms with E-state index in [9.17, 15) is 4.79 Å². The number of nitrogens with zero attached hydrogens (tertiary/aromatic N) is 1. The van der Waals surface area contributed by atoms with E-state index in [1.54, 1.807) is 25.2 Å². The zero-order valence-corrected chi connectivity index (χ0v) is 12.8. The van der Waals surface area contributed by atoms with Gasteiger partial charge in [0.05, 0.1) is 9.49 Å². The third-order valence-corrected chi connectivity index (χ3v) is 4.85. The molecule has 0 aliphatic rings. The van der Waals surface area contributed by atoms with Gasteiger partial charge in [-0.05, 0) is 60.6 Å². The van der Waals surface area contributed by atoms with Crippen molar-refractivity contribution in [1.82, 2.24) is 0 Å². The maximum atomic E-state index is 11.6. The molecule has 0 atom stereocenters. The van der Waals surface area contributed by atoms with Crippen molar-refractivity contribution in [3.05, 3.63) is 25.0 Å². The van der Waals surface area contributed by atoms with Crippen molar-refractivity contribution in [2.75, 3.05) is 6.61 Å². The summed E-state index contributed by atoms with van der Waals surface area (Å²) in [6, 6.07) is 3.91. The van der Waals surface area contributed by atoms with E-state index in [4.69, 9.17) is 10.00 Å². The van der Waals surface area contributed by atoms with Crippen LogP contribution in [0.25, 0.3) is 5.57 Å². The fourth-order valence-corrected chi connectivity index (χ4v) is 3.02. The van der Waals surface area contributed by atoms with Crippen LogP contribution in [0.1, 0.15) is 24.3 Å². The van der Waals surface area contributed by atoms with Gasteiger partial charge < -0.3 is 4.74 Å². The molecule has 0 saturated heterocycles. The van der Waals surface area contributed by atoms with Gasteiger partial charge in [-0.25, -0.2) is 4.79 Å². The highest BCUT2D eigenvalue weighted by Crippen LogP contribution is 2.30. The smallest absolute Gasteiger partial charge is 0.349 e. The van der Waals surface area contributed by atoms with Gasteiger partial charge in [0.25, 0.3) is 0 Å². The molecule has 0 bridgehead atoms. The number of carbonyl (C=O) groups is 1. The molecule has 3 nitrogen and oxygen atoms in total. The van der Waals surface area contributed by atoms with Gasteiger partial charge in [-0.15, -0.1) is 11.3 Å². The largest absolute Gasteiger partial charge is 0.462 e. The molecule has 0 radical (unpaired) electrons. The van der Waals surface area contributed by atoms with E-state index in [-0.39, 0.29) is 12.2 Å². The van der Waals surface area contributed by atoms with Gasteiger partial charge in [-0.3, -0.25) is 0 Å². The molecule has 0 aliphatic heterocycles. The second-order valence-electron chi connectivity index (χ2n) is 3.40. The van der Waals surface area contributed by atoms with Crippen LogP contribution in [0.4, 0.5) is 0 Å². The predicted molar refractivity (Wildman–Crippen MR) is 76.6 cm³/mol. The Hall–Kier alpha value is -0.870. The molecule has 0 amide bonds. The summed E-state index contributed by atoms with van der Waals surface area (Å²) in [7, 11) is 0. The fraction of sp³-hybridized carbons (Fsp3) is 0.333. The van der Waals surface area contributed by atoms with Crippen LogP contribution in [0.3, 0.4) is 0 Å². The number of thiophene rings is 1. The first-order chi connectivity index (χ1) is 8.01. The number of carbonyl (C=O) groups excluding carboxylic acids is 1. The molecule has 0 aromatic carbocycles. The first-order valence-corrected chi connectivity index (χ1v) is 6.95. The van der Waals surface area contributed by atoms with Crippen molar-refractivity contribution in [2.24, 2.45) is 0 Å². The summed E-state index contributed by atoms with van der Waals surface area (Å²) in [6.07, 6.45) is 0. The molecule has 17 heavy (non-hydrogen) atoms. The lowest BCUT2D eigenvalue weighted by Gasteiger charge is -2.03. The highest BCUT2D eigenvalue weighted by atomic mass is 127. The van der Waals surface area contributed by atoms with Crippen LogP contribution >= 0.6 is 33.9 Å². The second-order valence-corrected chi connectivity index (χ2v) is 6.26. The van der Waals surface area contributed by atoms with Crippen molar-refractivity contribution in [1.29, 1.82) is 5.26 Å². The van der Waals surface area contributed by atoms with Crippen molar-refractivity contribution < 1.29 is 9.53 Å². The minimum Gasteiger partial charge on any atom is -0.462 e. The van der Waals surface area contributed by atoms with Gasteiger partial charge in [0.2, 0.25) is 0 Å². The number of hydrogen-bond donors (Lipinski definition) is 0. The van der Waals surface area contributed by atoms with Crippen LogP contribution in [-0.4, -0.2) is 12.6 Å². The van der Waals surface area contributed by atoms with Gasteiger partial charge in [-0.1, -0.05) is 0 Å². The van der Waals surface area contributed by atoms with Crippen LogP contribution in [0.2, 0.25) is 0 Å². The summed E-state index contributed by atoms with van der Waals surface area (Å²) in [5, 5.41) is 9.02. The monoisotopic (exact) mass is 361 g/mol. The Morgan fingerprint density at radius 3 is 2.71 bits per heavy atom. The summed E-state index contributed by atoms with van der Waals surface area (Å²) in [5.74, 6) is -0.548. The predicted octanol–water partition coefficient (Wildman–Crippen LogP) is 3.52. The molecule has 1 aromatic rings. The Morgan fingerprint density at radius 1 is 1.65 bits per heavy atom. The maximum absolute atomic E-state index is 11.6. The number of nitriles is 1. The van der Waals surface area contributed by atoms with Crippen LogP contribution in [-0.2, 0) is 9.53 Å². The van der Waals surface area contributed by atoms with E-state index < -0.39 is 5.97 Å². The number of rotatable bonds is 3. The lowest BCUT2D eigenvalue weighted by molar-refractivity contribution is -0.137. The first kappa shape index (κ1) is 14.2. The number of esters is 1. The molecule has 90 valence electrons. The van der Waals surface area contributed by atoms with E-state index in [0.29, 0.717) is 5.57 Å². The Morgan fingerprint density at radius 2 is 2.29 bits per heavy atom. The van der Waals surface area contributed by atoms with Crippen molar-refractivity contribution in [2.45, 2.75) is 20.8 Å². The number of halogens is 1. The SMILES string of the molecule is CCOC(=O)C(C#N)=C(C)c1cc(C)c(I)s1. The van der Waals surface area contributed by atoms with Gasteiger partial charge >= 0.3 is 5.97 Å².